The Labute approximate surface area is 174 Å². The third kappa shape index (κ3) is 2.94. The number of rotatable bonds is 3. The number of nitro benzene ring substituents is 1. The van der Waals surface area contributed by atoms with Crippen LogP contribution in [0.4, 0.5) is 24.5 Å². The summed E-state index contributed by atoms with van der Waals surface area (Å²) >= 11 is 0. The lowest BCUT2D eigenvalue weighted by Gasteiger charge is -2.28. The molecular weight excluding hydrogens is 413 g/mol. The Balaban J connectivity index is 1.44. The molecule has 9 heteroatoms. The van der Waals surface area contributed by atoms with Gasteiger partial charge in [-0.25, -0.2) is 0 Å². The van der Waals surface area contributed by atoms with Crippen molar-refractivity contribution in [3.05, 3.63) is 69.8 Å². The number of amides is 2. The molecule has 0 radical (unpaired) electrons. The van der Waals surface area contributed by atoms with Gasteiger partial charge in [0.2, 0.25) is 11.8 Å². The summed E-state index contributed by atoms with van der Waals surface area (Å²) in [4.78, 5) is 37.6. The lowest BCUT2D eigenvalue weighted by atomic mass is 9.73. The molecule has 0 aromatic heterocycles. The van der Waals surface area contributed by atoms with Crippen LogP contribution >= 0.6 is 0 Å². The predicted molar refractivity (Wildman–Crippen MR) is 103 cm³/mol. The topological polar surface area (TPSA) is 80.5 Å². The van der Waals surface area contributed by atoms with E-state index in [-0.39, 0.29) is 29.1 Å². The zero-order valence-electron chi connectivity index (χ0n) is 16.1. The van der Waals surface area contributed by atoms with E-state index in [0.717, 1.165) is 22.6 Å². The highest BCUT2D eigenvalue weighted by molar-refractivity contribution is 6.22. The molecule has 0 N–H and O–H groups in total. The average Bonchev–Trinajstić information content (AvgIpc) is 3.39. The summed E-state index contributed by atoms with van der Waals surface area (Å²) in [7, 11) is 0. The lowest BCUT2D eigenvalue weighted by Crippen LogP contribution is -2.33. The van der Waals surface area contributed by atoms with Gasteiger partial charge in [0.1, 0.15) is 0 Å². The molecule has 3 aliphatic rings. The van der Waals surface area contributed by atoms with Gasteiger partial charge in [0.15, 0.2) is 0 Å². The summed E-state index contributed by atoms with van der Waals surface area (Å²) in [5.74, 6) is -2.10. The van der Waals surface area contributed by atoms with Crippen molar-refractivity contribution in [2.75, 3.05) is 4.90 Å². The number of carbonyl (C=O) groups excluding carboxylic acids is 2. The Kier molecular flexibility index (Phi) is 4.22. The van der Waals surface area contributed by atoms with Crippen LogP contribution in [0.2, 0.25) is 0 Å². The Morgan fingerprint density at radius 1 is 0.968 bits per heavy atom. The largest absolute Gasteiger partial charge is 0.416 e. The van der Waals surface area contributed by atoms with Crippen LogP contribution in [0.5, 0.6) is 0 Å². The van der Waals surface area contributed by atoms with Gasteiger partial charge in [-0.1, -0.05) is 18.2 Å². The second-order valence-electron chi connectivity index (χ2n) is 8.46. The quantitative estimate of drug-likeness (QED) is 0.407. The minimum absolute atomic E-state index is 0.00902. The number of hydrogen-bond acceptors (Lipinski definition) is 4. The Bertz CT molecular complexity index is 1100. The molecule has 1 aliphatic heterocycles. The van der Waals surface area contributed by atoms with E-state index in [1.807, 2.05) is 0 Å². The van der Waals surface area contributed by atoms with Gasteiger partial charge in [-0.05, 0) is 54.4 Å². The van der Waals surface area contributed by atoms with E-state index >= 15 is 0 Å². The van der Waals surface area contributed by atoms with E-state index in [0.29, 0.717) is 12.8 Å². The second kappa shape index (κ2) is 6.63. The van der Waals surface area contributed by atoms with Gasteiger partial charge in [0.05, 0.1) is 28.0 Å². The summed E-state index contributed by atoms with van der Waals surface area (Å²) in [5, 5.41) is 10.9. The van der Waals surface area contributed by atoms with Crippen molar-refractivity contribution in [3.8, 4) is 0 Å². The molecule has 2 bridgehead atoms. The summed E-state index contributed by atoms with van der Waals surface area (Å²) in [6.45, 7) is 0. The van der Waals surface area contributed by atoms with Crippen molar-refractivity contribution < 1.29 is 27.7 Å². The first-order valence-corrected chi connectivity index (χ1v) is 9.96. The van der Waals surface area contributed by atoms with Crippen molar-refractivity contribution in [1.82, 2.24) is 0 Å². The smallest absolute Gasteiger partial charge is 0.274 e. The Morgan fingerprint density at radius 3 is 2.29 bits per heavy atom. The molecule has 6 nitrogen and oxygen atoms in total. The molecule has 5 rings (SSSR count). The van der Waals surface area contributed by atoms with Gasteiger partial charge in [0, 0.05) is 12.1 Å². The van der Waals surface area contributed by atoms with E-state index in [2.05, 4.69) is 0 Å². The zero-order valence-corrected chi connectivity index (χ0v) is 16.1. The van der Waals surface area contributed by atoms with Crippen molar-refractivity contribution in [2.24, 2.45) is 23.7 Å². The van der Waals surface area contributed by atoms with Gasteiger partial charge in [-0.15, -0.1) is 0 Å². The highest BCUT2D eigenvalue weighted by atomic mass is 19.4. The first-order chi connectivity index (χ1) is 14.7. The van der Waals surface area contributed by atoms with E-state index < -0.39 is 40.3 Å². The van der Waals surface area contributed by atoms with E-state index in [1.54, 1.807) is 12.1 Å². The average molecular weight is 430 g/mol. The SMILES string of the molecule is O=C1[C@@H]2[C@H]3C[C@H](C[C@@H]3c3ccc([N+](=O)[O-])cc3)[C@@H]2C(=O)N1c1cccc(C(F)(F)F)c1. The fourth-order valence-corrected chi connectivity index (χ4v) is 5.76. The van der Waals surface area contributed by atoms with Crippen LogP contribution in [0.1, 0.15) is 29.9 Å². The van der Waals surface area contributed by atoms with Gasteiger partial charge in [-0.2, -0.15) is 13.2 Å². The number of non-ortho nitro benzene ring substituents is 1. The summed E-state index contributed by atoms with van der Waals surface area (Å²) in [5.41, 5.74) is -0.0955. The number of nitrogens with zero attached hydrogens (tertiary/aromatic N) is 2. The van der Waals surface area contributed by atoms with Crippen LogP contribution < -0.4 is 4.90 Å². The normalized spacial score (nSPS) is 29.5. The van der Waals surface area contributed by atoms with Crippen LogP contribution in [0.25, 0.3) is 0 Å². The van der Waals surface area contributed by atoms with Crippen molar-refractivity contribution >= 4 is 23.2 Å². The Hall–Kier alpha value is -3.23. The first-order valence-electron chi connectivity index (χ1n) is 9.96. The molecule has 0 unspecified atom stereocenters. The number of imide groups is 1. The summed E-state index contributed by atoms with van der Waals surface area (Å²) in [6.07, 6.45) is -3.19. The van der Waals surface area contributed by atoms with Gasteiger partial charge >= 0.3 is 6.18 Å². The zero-order chi connectivity index (χ0) is 22.1. The van der Waals surface area contributed by atoms with Crippen LogP contribution in [-0.4, -0.2) is 16.7 Å². The second-order valence-corrected chi connectivity index (χ2v) is 8.46. The van der Waals surface area contributed by atoms with Crippen LogP contribution in [0.15, 0.2) is 48.5 Å². The van der Waals surface area contributed by atoms with Crippen molar-refractivity contribution in [2.45, 2.75) is 24.9 Å². The molecule has 1 heterocycles. The van der Waals surface area contributed by atoms with E-state index in [4.69, 9.17) is 0 Å². The number of nitro groups is 1. The van der Waals surface area contributed by atoms with Gasteiger partial charge in [0.25, 0.3) is 5.69 Å². The number of alkyl halides is 3. The fourth-order valence-electron chi connectivity index (χ4n) is 5.76. The molecule has 2 aromatic carbocycles. The van der Waals surface area contributed by atoms with Gasteiger partial charge in [-0.3, -0.25) is 24.6 Å². The number of fused-ring (bicyclic) bond motifs is 5. The van der Waals surface area contributed by atoms with E-state index in [9.17, 15) is 32.9 Å². The maximum Gasteiger partial charge on any atom is 0.416 e. The maximum absolute atomic E-state index is 13.2. The minimum Gasteiger partial charge on any atom is -0.274 e. The highest BCUT2D eigenvalue weighted by Crippen LogP contribution is 2.62. The van der Waals surface area contributed by atoms with E-state index in [1.165, 1.54) is 24.3 Å². The van der Waals surface area contributed by atoms with Crippen molar-refractivity contribution in [3.63, 3.8) is 0 Å². The standard InChI is InChI=1S/C22H17F3N2O4/c23-22(24,25)13-2-1-3-15(10-13)26-20(28)18-12-8-16(17(9-12)19(18)21(26)29)11-4-6-14(7-5-11)27(30)31/h1-7,10,12,16-19H,8-9H2/t12-,16+,17-,18-,19+/m0/s1. The Morgan fingerprint density at radius 2 is 1.65 bits per heavy atom. The number of hydrogen-bond donors (Lipinski definition) is 0. The van der Waals surface area contributed by atoms with Crippen LogP contribution in [-0.2, 0) is 15.8 Å². The monoisotopic (exact) mass is 430 g/mol. The van der Waals surface area contributed by atoms with Crippen LogP contribution in [0, 0.1) is 33.8 Å². The molecule has 0 spiro atoms. The highest BCUT2D eigenvalue weighted by Gasteiger charge is 2.64. The molecule has 1 saturated heterocycles. The first kappa shape index (κ1) is 19.7. The third-order valence-electron chi connectivity index (χ3n) is 6.98. The molecular formula is C22H17F3N2O4. The predicted octanol–water partition coefficient (Wildman–Crippen LogP) is 4.54. The molecule has 2 amide bonds. The number of benzene rings is 2. The molecule has 160 valence electrons. The maximum atomic E-state index is 13.2. The fraction of sp³-hybridized carbons (Fsp3) is 0.364. The third-order valence-corrected chi connectivity index (χ3v) is 6.98. The molecule has 3 fully saturated rings. The molecule has 5 atom stereocenters. The molecule has 2 aromatic rings. The van der Waals surface area contributed by atoms with Crippen molar-refractivity contribution in [1.29, 1.82) is 0 Å². The molecule has 31 heavy (non-hydrogen) atoms. The molecule has 2 saturated carbocycles. The summed E-state index contributed by atoms with van der Waals surface area (Å²) in [6, 6.07) is 10.5. The van der Waals surface area contributed by atoms with Gasteiger partial charge < -0.3 is 0 Å². The summed E-state index contributed by atoms with van der Waals surface area (Å²) < 4.78 is 39.3. The minimum atomic E-state index is -4.57. The van der Waals surface area contributed by atoms with Crippen LogP contribution in [0.3, 0.4) is 0 Å². The number of halogens is 3. The number of anilines is 1. The molecule has 2 aliphatic carbocycles. The lowest BCUT2D eigenvalue weighted by molar-refractivity contribution is -0.384. The number of carbonyl (C=O) groups is 2.